The topological polar surface area (TPSA) is 27.3 Å². The number of likely N-dealkylation sites (tertiary alicyclic amines) is 1. The summed E-state index contributed by atoms with van der Waals surface area (Å²) in [4.78, 5) is 2.46. The molecule has 1 heterocycles. The van der Waals surface area contributed by atoms with Crippen molar-refractivity contribution in [2.75, 3.05) is 40.3 Å². The van der Waals surface area contributed by atoms with Crippen LogP contribution >= 0.6 is 0 Å². The van der Waals surface area contributed by atoms with E-state index in [-0.39, 0.29) is 0 Å². The SMILES string of the molecule is CNC1CCC(CNCCC2CCN(C)CC2)CC1. The van der Waals surface area contributed by atoms with Crippen molar-refractivity contribution in [3.63, 3.8) is 0 Å². The van der Waals surface area contributed by atoms with Crippen LogP contribution in [0.2, 0.25) is 0 Å². The second kappa shape index (κ2) is 8.23. The Morgan fingerprint density at radius 2 is 1.63 bits per heavy atom. The van der Waals surface area contributed by atoms with E-state index in [0.717, 1.165) is 17.9 Å². The minimum absolute atomic E-state index is 0.787. The van der Waals surface area contributed by atoms with Gasteiger partial charge in [-0.15, -0.1) is 0 Å². The highest BCUT2D eigenvalue weighted by atomic mass is 15.1. The van der Waals surface area contributed by atoms with E-state index in [0.29, 0.717) is 0 Å². The fraction of sp³-hybridized carbons (Fsp3) is 1.00. The molecule has 2 aliphatic rings. The first kappa shape index (κ1) is 15.3. The van der Waals surface area contributed by atoms with Crippen LogP contribution in [0.5, 0.6) is 0 Å². The zero-order valence-electron chi connectivity index (χ0n) is 13.0. The number of rotatable bonds is 6. The second-order valence-electron chi connectivity index (χ2n) is 6.75. The lowest BCUT2D eigenvalue weighted by Gasteiger charge is -2.30. The molecule has 1 saturated heterocycles. The van der Waals surface area contributed by atoms with Gasteiger partial charge in [-0.25, -0.2) is 0 Å². The average molecular weight is 267 g/mol. The average Bonchev–Trinajstić information content (AvgIpc) is 2.46. The Morgan fingerprint density at radius 3 is 2.26 bits per heavy atom. The predicted octanol–water partition coefficient (Wildman–Crippen LogP) is 2.09. The van der Waals surface area contributed by atoms with Crippen LogP contribution in [-0.4, -0.2) is 51.2 Å². The lowest BCUT2D eigenvalue weighted by Crippen LogP contribution is -2.35. The number of piperidine rings is 1. The van der Waals surface area contributed by atoms with Crippen molar-refractivity contribution in [2.24, 2.45) is 11.8 Å². The summed E-state index contributed by atoms with van der Waals surface area (Å²) in [6.07, 6.45) is 9.77. The summed E-state index contributed by atoms with van der Waals surface area (Å²) in [5, 5.41) is 7.13. The van der Waals surface area contributed by atoms with Gasteiger partial charge in [-0.2, -0.15) is 0 Å². The fourth-order valence-electron chi connectivity index (χ4n) is 3.62. The number of nitrogens with zero attached hydrogens (tertiary/aromatic N) is 1. The van der Waals surface area contributed by atoms with Gasteiger partial charge in [0.2, 0.25) is 0 Å². The van der Waals surface area contributed by atoms with E-state index < -0.39 is 0 Å². The minimum atomic E-state index is 0.787. The van der Waals surface area contributed by atoms with Crippen LogP contribution in [0.1, 0.15) is 44.9 Å². The summed E-state index contributed by atoms with van der Waals surface area (Å²) >= 11 is 0. The molecule has 2 fully saturated rings. The molecule has 0 aromatic rings. The van der Waals surface area contributed by atoms with Gasteiger partial charge < -0.3 is 15.5 Å². The molecule has 0 atom stereocenters. The molecule has 0 aromatic carbocycles. The molecule has 1 aliphatic heterocycles. The molecular formula is C16H33N3. The van der Waals surface area contributed by atoms with Crippen LogP contribution < -0.4 is 10.6 Å². The maximum Gasteiger partial charge on any atom is 0.00642 e. The molecule has 2 N–H and O–H groups in total. The zero-order valence-corrected chi connectivity index (χ0v) is 13.0. The van der Waals surface area contributed by atoms with Crippen LogP contribution in [-0.2, 0) is 0 Å². The molecule has 0 unspecified atom stereocenters. The molecule has 0 radical (unpaired) electrons. The molecule has 2 rings (SSSR count). The monoisotopic (exact) mass is 267 g/mol. The molecule has 3 heteroatoms. The fourth-order valence-corrected chi connectivity index (χ4v) is 3.62. The molecule has 3 nitrogen and oxygen atoms in total. The molecule has 1 saturated carbocycles. The van der Waals surface area contributed by atoms with E-state index in [1.54, 1.807) is 0 Å². The summed E-state index contributed by atoms with van der Waals surface area (Å²) in [5.74, 6) is 1.91. The molecule has 1 aliphatic carbocycles. The molecule has 112 valence electrons. The van der Waals surface area contributed by atoms with Crippen molar-refractivity contribution in [1.29, 1.82) is 0 Å². The standard InChI is InChI=1S/C16H33N3/c1-17-16-5-3-15(4-6-16)13-18-10-7-14-8-11-19(2)12-9-14/h14-18H,3-13H2,1-2H3. The van der Waals surface area contributed by atoms with Crippen molar-refractivity contribution < 1.29 is 0 Å². The highest BCUT2D eigenvalue weighted by Gasteiger charge is 2.20. The summed E-state index contributed by atoms with van der Waals surface area (Å²) in [6.45, 7) is 5.10. The van der Waals surface area contributed by atoms with E-state index >= 15 is 0 Å². The van der Waals surface area contributed by atoms with Gasteiger partial charge in [0.1, 0.15) is 0 Å². The smallest absolute Gasteiger partial charge is 0.00642 e. The number of nitrogens with one attached hydrogen (secondary N) is 2. The van der Waals surface area contributed by atoms with Crippen molar-refractivity contribution in [1.82, 2.24) is 15.5 Å². The van der Waals surface area contributed by atoms with Crippen LogP contribution in [0, 0.1) is 11.8 Å². The Labute approximate surface area is 119 Å². The molecular weight excluding hydrogens is 234 g/mol. The highest BCUT2D eigenvalue weighted by molar-refractivity contribution is 4.77. The summed E-state index contributed by atoms with van der Waals surface area (Å²) < 4.78 is 0. The van der Waals surface area contributed by atoms with Gasteiger partial charge in [0, 0.05) is 6.04 Å². The van der Waals surface area contributed by atoms with Gasteiger partial charge in [0.15, 0.2) is 0 Å². The van der Waals surface area contributed by atoms with E-state index in [1.165, 1.54) is 71.1 Å². The zero-order chi connectivity index (χ0) is 13.5. The second-order valence-corrected chi connectivity index (χ2v) is 6.75. The van der Waals surface area contributed by atoms with Crippen molar-refractivity contribution in [2.45, 2.75) is 51.0 Å². The van der Waals surface area contributed by atoms with Crippen LogP contribution in [0.4, 0.5) is 0 Å². The lowest BCUT2D eigenvalue weighted by atomic mass is 9.86. The Balaban J connectivity index is 1.48. The molecule has 0 bridgehead atoms. The first-order valence-electron chi connectivity index (χ1n) is 8.34. The summed E-state index contributed by atoms with van der Waals surface area (Å²) in [5.41, 5.74) is 0. The highest BCUT2D eigenvalue weighted by Crippen LogP contribution is 2.23. The van der Waals surface area contributed by atoms with Gasteiger partial charge in [-0.05, 0) is 97.1 Å². The first-order valence-corrected chi connectivity index (χ1v) is 8.34. The van der Waals surface area contributed by atoms with Crippen molar-refractivity contribution in [3.8, 4) is 0 Å². The molecule has 0 amide bonds. The van der Waals surface area contributed by atoms with Gasteiger partial charge in [-0.3, -0.25) is 0 Å². The van der Waals surface area contributed by atoms with E-state index in [9.17, 15) is 0 Å². The third kappa shape index (κ3) is 5.41. The van der Waals surface area contributed by atoms with Gasteiger partial charge >= 0.3 is 0 Å². The largest absolute Gasteiger partial charge is 0.317 e. The van der Waals surface area contributed by atoms with Crippen LogP contribution in [0.3, 0.4) is 0 Å². The normalized spacial score (nSPS) is 30.6. The lowest BCUT2D eigenvalue weighted by molar-refractivity contribution is 0.210. The molecule has 0 spiro atoms. The summed E-state index contributed by atoms with van der Waals surface area (Å²) in [7, 11) is 4.35. The van der Waals surface area contributed by atoms with E-state index in [4.69, 9.17) is 0 Å². The Morgan fingerprint density at radius 1 is 0.947 bits per heavy atom. The predicted molar refractivity (Wildman–Crippen MR) is 82.5 cm³/mol. The van der Waals surface area contributed by atoms with Crippen molar-refractivity contribution >= 4 is 0 Å². The summed E-state index contributed by atoms with van der Waals surface area (Å²) in [6, 6.07) is 0.787. The van der Waals surface area contributed by atoms with Crippen LogP contribution in [0.15, 0.2) is 0 Å². The maximum atomic E-state index is 3.71. The first-order chi connectivity index (χ1) is 9.28. The third-order valence-electron chi connectivity index (χ3n) is 5.26. The van der Waals surface area contributed by atoms with Gasteiger partial charge in [0.05, 0.1) is 0 Å². The third-order valence-corrected chi connectivity index (χ3v) is 5.26. The quantitative estimate of drug-likeness (QED) is 0.722. The minimum Gasteiger partial charge on any atom is -0.317 e. The Bertz CT molecular complexity index is 228. The molecule has 19 heavy (non-hydrogen) atoms. The number of hydrogen-bond acceptors (Lipinski definition) is 3. The Hall–Kier alpha value is -0.120. The maximum absolute atomic E-state index is 3.71. The van der Waals surface area contributed by atoms with E-state index in [2.05, 4.69) is 29.6 Å². The van der Waals surface area contributed by atoms with Crippen LogP contribution in [0.25, 0.3) is 0 Å². The Kier molecular flexibility index (Phi) is 6.62. The molecule has 0 aromatic heterocycles. The van der Waals surface area contributed by atoms with Gasteiger partial charge in [0.25, 0.3) is 0 Å². The van der Waals surface area contributed by atoms with E-state index in [1.807, 2.05) is 0 Å². The van der Waals surface area contributed by atoms with Crippen molar-refractivity contribution in [3.05, 3.63) is 0 Å². The number of hydrogen-bond donors (Lipinski definition) is 2. The van der Waals surface area contributed by atoms with Gasteiger partial charge in [-0.1, -0.05) is 0 Å².